The van der Waals surface area contributed by atoms with Crippen molar-refractivity contribution >= 4 is 10.9 Å². The van der Waals surface area contributed by atoms with Crippen LogP contribution >= 0.6 is 0 Å². The Kier molecular flexibility index (Phi) is 4.83. The number of fused-ring (bicyclic) bond motifs is 1. The van der Waals surface area contributed by atoms with Crippen molar-refractivity contribution in [3.63, 3.8) is 0 Å². The molecule has 0 aliphatic rings. The average molecular weight is 434 g/mol. The predicted molar refractivity (Wildman–Crippen MR) is 48.4 cm³/mol. The van der Waals surface area contributed by atoms with Crippen molar-refractivity contribution in [2.24, 2.45) is 7.05 Å². The summed E-state index contributed by atoms with van der Waals surface area (Å²) >= 11 is 0. The van der Waals surface area contributed by atoms with Gasteiger partial charge in [-0.2, -0.15) is 29.1 Å². The van der Waals surface area contributed by atoms with Gasteiger partial charge in [0, 0.05) is 60.8 Å². The molecule has 2 rings (SSSR count). The van der Waals surface area contributed by atoms with Crippen LogP contribution in [-0.2, 0) is 60.8 Å². The van der Waals surface area contributed by atoms with Crippen LogP contribution in [0.15, 0.2) is 23.0 Å². The van der Waals surface area contributed by atoms with E-state index in [1.807, 2.05) is 6.92 Å². The molecule has 0 unspecified atom stereocenters. The van der Waals surface area contributed by atoms with Crippen LogP contribution in [-0.4, -0.2) is 4.57 Å². The Balaban J connectivity index is 0.000000980. The average Bonchev–Trinajstić information content (AvgIpc) is 2.33. The molecule has 2 aromatic rings. The van der Waals surface area contributed by atoms with Crippen molar-refractivity contribution < 1.29 is 55.1 Å². The molecule has 0 aliphatic carbocycles. The van der Waals surface area contributed by atoms with Crippen LogP contribution in [0.25, 0.3) is 10.9 Å². The Morgan fingerprint density at radius 3 is 2.79 bits per heavy atom. The van der Waals surface area contributed by atoms with Gasteiger partial charge in [-0.1, -0.05) is 18.5 Å². The van der Waals surface area contributed by atoms with Gasteiger partial charge in [0.05, 0.1) is 0 Å². The quantitative estimate of drug-likeness (QED) is 0.575. The predicted octanol–water partition coefficient (Wildman–Crippen LogP) is 1.36. The number of benzene rings is 1. The molecule has 71 valence electrons. The maximum absolute atomic E-state index is 11.4. The van der Waals surface area contributed by atoms with Gasteiger partial charge in [0.1, 0.15) is 0 Å². The standard InChI is InChI=1S/C10H9NO.W.Y/c1-7-4-3-5-9-8(7)6-10(12)11(9)2;;/h4-6H,1-2H3;;/q-2;;/i6T;;. The molecule has 1 aromatic carbocycles. The van der Waals surface area contributed by atoms with Crippen LogP contribution in [0.4, 0.5) is 0 Å². The third-order valence-electron chi connectivity index (χ3n) is 2.07. The molecule has 0 N–H and O–H groups in total. The Bertz CT molecular complexity index is 532. The van der Waals surface area contributed by atoms with Crippen molar-refractivity contribution in [3.05, 3.63) is 40.2 Å². The first-order valence-corrected chi connectivity index (χ1v) is 3.75. The summed E-state index contributed by atoms with van der Waals surface area (Å²) in [5, 5.41) is 0.742. The number of rotatable bonds is 0. The Hall–Kier alpha value is 0.352. The fraction of sp³-hybridized carbons (Fsp3) is 0.200. The summed E-state index contributed by atoms with van der Waals surface area (Å²) in [6.45, 7) is 1.89. The molecule has 1 radical (unpaired) electrons. The Morgan fingerprint density at radius 2 is 2.21 bits per heavy atom. The topological polar surface area (TPSA) is 22.0 Å². The smallest absolute Gasteiger partial charge is 0.184 e. The molecule has 14 heavy (non-hydrogen) atoms. The monoisotopic (exact) mass is 434 g/mol. The molecule has 0 saturated heterocycles. The van der Waals surface area contributed by atoms with Gasteiger partial charge in [-0.25, -0.2) is 0 Å². The number of hydrogen-bond donors (Lipinski definition) is 0. The van der Waals surface area contributed by atoms with E-state index in [4.69, 9.17) is 1.37 Å². The first kappa shape index (κ1) is 12.4. The second-order valence-electron chi connectivity index (χ2n) is 2.89. The number of nitrogens with zero attached hydrogens (tertiary/aromatic N) is 1. The molecule has 1 heterocycles. The van der Waals surface area contributed by atoms with Crippen LogP contribution in [0.3, 0.4) is 0 Å². The van der Waals surface area contributed by atoms with Gasteiger partial charge in [0.2, 0.25) is 0 Å². The van der Waals surface area contributed by atoms with Crippen molar-refractivity contribution in [1.29, 1.82) is 0 Å². The molecule has 0 bridgehead atoms. The minimum Gasteiger partial charge on any atom is -0.376 e. The Labute approximate surface area is 124 Å². The third-order valence-corrected chi connectivity index (χ3v) is 2.07. The van der Waals surface area contributed by atoms with Crippen LogP contribution in [0.5, 0.6) is 0 Å². The minimum absolute atomic E-state index is 0. The molecule has 0 fully saturated rings. The normalized spacial score (nSPS) is 10.3. The molecule has 1 aromatic heterocycles. The summed E-state index contributed by atoms with van der Waals surface area (Å²) in [6.07, 6.45) is 0. The molecule has 0 aliphatic heterocycles. The summed E-state index contributed by atoms with van der Waals surface area (Å²) in [4.78, 5) is 11.4. The van der Waals surface area contributed by atoms with Gasteiger partial charge < -0.3 is 4.57 Å². The summed E-state index contributed by atoms with van der Waals surface area (Å²) in [5.74, 6) is 0. The van der Waals surface area contributed by atoms with Gasteiger partial charge in [-0.05, 0) is 1.37 Å². The Morgan fingerprint density at radius 1 is 1.57 bits per heavy atom. The summed E-state index contributed by atoms with van der Waals surface area (Å²) in [7, 11) is 1.68. The molecule has 4 heteroatoms. The molecular formula is C10H9NOWY-2. The van der Waals surface area contributed by atoms with Crippen LogP contribution < -0.4 is 5.56 Å². The summed E-state index contributed by atoms with van der Waals surface area (Å²) < 4.78 is 9.09. The van der Waals surface area contributed by atoms with Crippen LogP contribution in [0.2, 0.25) is 0 Å². The van der Waals surface area contributed by atoms with Gasteiger partial charge in [-0.3, -0.25) is 4.79 Å². The second-order valence-corrected chi connectivity index (χ2v) is 2.89. The molecular weight excluding hydrogens is 423 g/mol. The van der Waals surface area contributed by atoms with E-state index in [1.54, 1.807) is 19.2 Å². The first-order chi connectivity index (χ1) is 6.13. The molecule has 0 spiro atoms. The maximum Gasteiger partial charge on any atom is 0.184 e. The van der Waals surface area contributed by atoms with E-state index < -0.39 is 0 Å². The number of aromatic nitrogens is 1. The zero-order valence-electron chi connectivity index (χ0n) is 9.00. The van der Waals surface area contributed by atoms with E-state index in [1.165, 1.54) is 4.57 Å². The van der Waals surface area contributed by atoms with E-state index in [-0.39, 0.29) is 65.4 Å². The fourth-order valence-corrected chi connectivity index (χ4v) is 1.32. The van der Waals surface area contributed by atoms with Gasteiger partial charge >= 0.3 is 0 Å². The van der Waals surface area contributed by atoms with E-state index in [9.17, 15) is 4.79 Å². The third kappa shape index (κ3) is 2.29. The fourth-order valence-electron chi connectivity index (χ4n) is 1.32. The molecule has 0 atom stereocenters. The maximum atomic E-state index is 11.4. The van der Waals surface area contributed by atoms with E-state index in [0.29, 0.717) is 0 Å². The van der Waals surface area contributed by atoms with Crippen LogP contribution in [0.1, 0.15) is 6.93 Å². The van der Waals surface area contributed by atoms with Crippen LogP contribution in [0, 0.1) is 13.0 Å². The van der Waals surface area contributed by atoms with Crippen molar-refractivity contribution in [3.8, 4) is 0 Å². The van der Waals surface area contributed by atoms with Crippen molar-refractivity contribution in [1.82, 2.24) is 4.57 Å². The first-order valence-electron chi connectivity index (χ1n) is 4.25. The van der Waals surface area contributed by atoms with Gasteiger partial charge in [0.25, 0.3) is 0 Å². The summed E-state index contributed by atoms with van der Waals surface area (Å²) in [5.41, 5.74) is 1.48. The molecule has 0 amide bonds. The molecule has 2 nitrogen and oxygen atoms in total. The van der Waals surface area contributed by atoms with Crippen molar-refractivity contribution in [2.45, 2.75) is 6.92 Å². The second kappa shape index (κ2) is 5.44. The molecule has 0 saturated carbocycles. The summed E-state index contributed by atoms with van der Waals surface area (Å²) in [6, 6.07) is 6.56. The van der Waals surface area contributed by atoms with E-state index in [0.717, 1.165) is 16.5 Å². The zero-order valence-corrected chi connectivity index (χ0v) is 13.8. The number of aryl methyl sites for hydroxylation is 2. The van der Waals surface area contributed by atoms with Gasteiger partial charge in [-0.15, -0.1) is 0 Å². The van der Waals surface area contributed by atoms with Gasteiger partial charge in [0.15, 0.2) is 5.56 Å². The SMILES string of the molecule is [3H][c-]1c(=O)n(C)c2c[c-]cc(C)c21.[W].[Y]. The van der Waals surface area contributed by atoms with Crippen molar-refractivity contribution in [2.75, 3.05) is 0 Å². The number of hydrogen-bond acceptors (Lipinski definition) is 1. The minimum atomic E-state index is -0.238. The zero-order chi connectivity index (χ0) is 9.59. The largest absolute Gasteiger partial charge is 0.376 e. The van der Waals surface area contributed by atoms with E-state index >= 15 is 0 Å². The van der Waals surface area contributed by atoms with E-state index in [2.05, 4.69) is 6.07 Å².